The second-order valence-corrected chi connectivity index (χ2v) is 2.98. The van der Waals surface area contributed by atoms with Crippen LogP contribution in [0.1, 0.15) is 0 Å². The Labute approximate surface area is 96.0 Å². The molecule has 0 radical (unpaired) electrons. The first kappa shape index (κ1) is 12.7. The second kappa shape index (κ2) is 5.64. The number of nitrogens with zero attached hydrogens (tertiary/aromatic N) is 1. The quantitative estimate of drug-likeness (QED) is 0.475. The lowest BCUT2D eigenvalue weighted by Crippen LogP contribution is -2.07. The number of hydrogen-bond acceptors (Lipinski definition) is 4. The van der Waals surface area contributed by atoms with Gasteiger partial charge >= 0.3 is 0 Å². The molecule has 0 aliphatic carbocycles. The summed E-state index contributed by atoms with van der Waals surface area (Å²) in [5.74, 6) is -1.62. The molecule has 0 spiro atoms. The van der Waals surface area contributed by atoms with Gasteiger partial charge in [-0.3, -0.25) is 4.79 Å². The van der Waals surface area contributed by atoms with E-state index in [1.54, 1.807) is 0 Å². The summed E-state index contributed by atoms with van der Waals surface area (Å²) < 4.78 is 25.9. The van der Waals surface area contributed by atoms with Gasteiger partial charge < -0.3 is 11.1 Å². The average Bonchev–Trinajstić information content (AvgIpc) is 2.32. The number of rotatable bonds is 4. The molecule has 0 saturated heterocycles. The van der Waals surface area contributed by atoms with Gasteiger partial charge in [0.15, 0.2) is 12.1 Å². The molecule has 1 rings (SSSR count). The van der Waals surface area contributed by atoms with Gasteiger partial charge in [-0.25, -0.2) is 13.8 Å². The molecular formula is C11H9F2N3O. The zero-order valence-electron chi connectivity index (χ0n) is 8.65. The van der Waals surface area contributed by atoms with Crippen LogP contribution >= 0.6 is 0 Å². The summed E-state index contributed by atoms with van der Waals surface area (Å²) in [6.07, 6.45) is 2.11. The van der Waals surface area contributed by atoms with Gasteiger partial charge in [0, 0.05) is 18.5 Å². The number of carbonyl (C=O) groups excluding carboxylic acids is 1. The maximum absolute atomic E-state index is 13.3. The SMILES string of the molecule is N=CC(=Nc1ccc(F)cc1F)/C(C=O)=C\N. The van der Waals surface area contributed by atoms with Gasteiger partial charge in [-0.1, -0.05) is 0 Å². The highest BCUT2D eigenvalue weighted by molar-refractivity contribution is 6.43. The molecule has 0 bridgehead atoms. The fraction of sp³-hybridized carbons (Fsp3) is 0. The van der Waals surface area contributed by atoms with Crippen molar-refractivity contribution in [3.63, 3.8) is 0 Å². The van der Waals surface area contributed by atoms with Crippen LogP contribution in [0.4, 0.5) is 14.5 Å². The van der Waals surface area contributed by atoms with E-state index in [1.807, 2.05) is 0 Å². The minimum atomic E-state index is -0.883. The molecule has 1 aromatic rings. The number of aliphatic imine (C=N–C) groups is 1. The third-order valence-corrected chi connectivity index (χ3v) is 1.89. The molecule has 3 N–H and O–H groups in total. The third kappa shape index (κ3) is 3.04. The summed E-state index contributed by atoms with van der Waals surface area (Å²) in [6.45, 7) is 0. The summed E-state index contributed by atoms with van der Waals surface area (Å²) in [5.41, 5.74) is 4.81. The van der Waals surface area contributed by atoms with Gasteiger partial charge in [0.05, 0.1) is 17.0 Å². The standard InChI is InChI=1S/C11H9F2N3O/c12-8-1-2-10(9(13)3-8)16-11(5-15)7(4-14)6-17/h1-6,15H,14H2/b7-4-,15-5?,16-11?. The maximum atomic E-state index is 13.3. The number of carbonyl (C=O) groups is 1. The molecule has 4 nitrogen and oxygen atoms in total. The van der Waals surface area contributed by atoms with E-state index in [0.717, 1.165) is 24.5 Å². The molecule has 0 atom stereocenters. The minimum absolute atomic E-state index is 0.0521. The van der Waals surface area contributed by atoms with Crippen molar-refractivity contribution >= 4 is 23.9 Å². The van der Waals surface area contributed by atoms with Gasteiger partial charge in [0.1, 0.15) is 5.82 Å². The predicted octanol–water partition coefficient (Wildman–Crippen LogP) is 1.73. The molecule has 0 unspecified atom stereocenters. The Bertz CT molecular complexity index is 509. The van der Waals surface area contributed by atoms with E-state index in [4.69, 9.17) is 11.1 Å². The molecule has 88 valence electrons. The molecular weight excluding hydrogens is 228 g/mol. The van der Waals surface area contributed by atoms with E-state index in [9.17, 15) is 13.6 Å². The summed E-state index contributed by atoms with van der Waals surface area (Å²) in [7, 11) is 0. The Morgan fingerprint density at radius 2 is 2.12 bits per heavy atom. The molecule has 0 aliphatic heterocycles. The number of aldehydes is 1. The summed E-state index contributed by atoms with van der Waals surface area (Å²) in [5, 5.41) is 7.05. The fourth-order valence-electron chi connectivity index (χ4n) is 1.07. The highest BCUT2D eigenvalue weighted by Gasteiger charge is 2.06. The Kier molecular flexibility index (Phi) is 4.21. The van der Waals surface area contributed by atoms with E-state index in [2.05, 4.69) is 4.99 Å². The minimum Gasteiger partial charge on any atom is -0.404 e. The van der Waals surface area contributed by atoms with Crippen LogP contribution in [0.15, 0.2) is 35.0 Å². The van der Waals surface area contributed by atoms with Crippen molar-refractivity contribution < 1.29 is 13.6 Å². The highest BCUT2D eigenvalue weighted by atomic mass is 19.1. The molecule has 0 aromatic heterocycles. The van der Waals surface area contributed by atoms with Crippen LogP contribution in [0.3, 0.4) is 0 Å². The van der Waals surface area contributed by atoms with Crippen LogP contribution in [0.2, 0.25) is 0 Å². The highest BCUT2D eigenvalue weighted by Crippen LogP contribution is 2.19. The van der Waals surface area contributed by atoms with Gasteiger partial charge in [0.25, 0.3) is 0 Å². The van der Waals surface area contributed by atoms with Crippen molar-refractivity contribution in [1.29, 1.82) is 5.41 Å². The molecule has 6 heteroatoms. The smallest absolute Gasteiger partial charge is 0.153 e. The van der Waals surface area contributed by atoms with E-state index < -0.39 is 11.6 Å². The van der Waals surface area contributed by atoms with Crippen molar-refractivity contribution in [2.75, 3.05) is 0 Å². The Morgan fingerprint density at radius 1 is 1.41 bits per heavy atom. The van der Waals surface area contributed by atoms with Crippen molar-refractivity contribution in [2.45, 2.75) is 0 Å². The van der Waals surface area contributed by atoms with E-state index in [-0.39, 0.29) is 17.0 Å². The first-order chi connectivity index (χ1) is 8.12. The van der Waals surface area contributed by atoms with Gasteiger partial charge in [-0.2, -0.15) is 0 Å². The van der Waals surface area contributed by atoms with Crippen molar-refractivity contribution in [2.24, 2.45) is 10.7 Å². The third-order valence-electron chi connectivity index (χ3n) is 1.89. The maximum Gasteiger partial charge on any atom is 0.153 e. The molecule has 0 amide bonds. The zero-order valence-corrected chi connectivity index (χ0v) is 8.65. The summed E-state index contributed by atoms with van der Waals surface area (Å²) in [6, 6.07) is 2.79. The Hall–Kier alpha value is -2.37. The number of nitrogens with one attached hydrogen (secondary N) is 1. The van der Waals surface area contributed by atoms with E-state index in [0.29, 0.717) is 12.4 Å². The van der Waals surface area contributed by atoms with Crippen LogP contribution in [0.25, 0.3) is 0 Å². The topological polar surface area (TPSA) is 79.3 Å². The summed E-state index contributed by atoms with van der Waals surface area (Å²) in [4.78, 5) is 14.3. The molecule has 17 heavy (non-hydrogen) atoms. The first-order valence-corrected chi connectivity index (χ1v) is 4.54. The lowest BCUT2D eigenvalue weighted by Gasteiger charge is -2.00. The fourth-order valence-corrected chi connectivity index (χ4v) is 1.07. The zero-order chi connectivity index (χ0) is 12.8. The molecule has 1 aromatic carbocycles. The normalized spacial score (nSPS) is 12.4. The van der Waals surface area contributed by atoms with Gasteiger partial charge in [-0.15, -0.1) is 0 Å². The van der Waals surface area contributed by atoms with E-state index in [1.165, 1.54) is 0 Å². The largest absolute Gasteiger partial charge is 0.404 e. The van der Waals surface area contributed by atoms with Crippen LogP contribution in [0.5, 0.6) is 0 Å². The van der Waals surface area contributed by atoms with Crippen LogP contribution in [0, 0.1) is 17.0 Å². The van der Waals surface area contributed by atoms with Crippen LogP contribution in [-0.4, -0.2) is 18.2 Å². The van der Waals surface area contributed by atoms with Gasteiger partial charge in [0.2, 0.25) is 0 Å². The number of halogens is 2. The van der Waals surface area contributed by atoms with E-state index >= 15 is 0 Å². The van der Waals surface area contributed by atoms with Crippen molar-refractivity contribution in [3.8, 4) is 0 Å². The Balaban J connectivity index is 3.24. The number of allylic oxidation sites excluding steroid dienone is 1. The second-order valence-electron chi connectivity index (χ2n) is 2.98. The Morgan fingerprint density at radius 3 is 2.59 bits per heavy atom. The number of benzene rings is 1. The van der Waals surface area contributed by atoms with Crippen molar-refractivity contribution in [3.05, 3.63) is 41.6 Å². The monoisotopic (exact) mass is 237 g/mol. The molecule has 0 fully saturated rings. The molecule has 0 heterocycles. The predicted molar refractivity (Wildman–Crippen MR) is 60.6 cm³/mol. The van der Waals surface area contributed by atoms with Gasteiger partial charge in [-0.05, 0) is 12.1 Å². The average molecular weight is 237 g/mol. The van der Waals surface area contributed by atoms with Crippen LogP contribution in [-0.2, 0) is 4.79 Å². The van der Waals surface area contributed by atoms with Crippen LogP contribution < -0.4 is 5.73 Å². The van der Waals surface area contributed by atoms with Crippen molar-refractivity contribution in [1.82, 2.24) is 0 Å². The summed E-state index contributed by atoms with van der Waals surface area (Å²) >= 11 is 0. The molecule has 0 aliphatic rings. The number of hydrogen-bond donors (Lipinski definition) is 2. The first-order valence-electron chi connectivity index (χ1n) is 4.54. The lowest BCUT2D eigenvalue weighted by molar-refractivity contribution is -0.104. The number of nitrogens with two attached hydrogens (primary N) is 1. The molecule has 0 saturated carbocycles. The lowest BCUT2D eigenvalue weighted by atomic mass is 10.2.